The minimum Gasteiger partial charge on any atom is -0.493 e. The van der Waals surface area contributed by atoms with Gasteiger partial charge < -0.3 is 18.6 Å². The zero-order chi connectivity index (χ0) is 21.6. The quantitative estimate of drug-likeness (QED) is 0.533. The average molecular weight is 428 g/mol. The van der Waals surface area contributed by atoms with Gasteiger partial charge in [0.05, 0.1) is 18.5 Å². The molecule has 1 aliphatic heterocycles. The minimum atomic E-state index is -3.76. The Balaban J connectivity index is 2.24. The minimum absolute atomic E-state index is 0.0430. The summed E-state index contributed by atoms with van der Waals surface area (Å²) in [4.78, 5) is 14.6. The number of amides is 1. The second kappa shape index (κ2) is 10.3. The molecular formula is C21H33NO6S. The van der Waals surface area contributed by atoms with Crippen LogP contribution in [0.25, 0.3) is 0 Å². The molecule has 1 atom stereocenters. The van der Waals surface area contributed by atoms with Gasteiger partial charge in [0.25, 0.3) is 0 Å². The van der Waals surface area contributed by atoms with Crippen molar-refractivity contribution in [2.75, 3.05) is 20.3 Å². The molecule has 0 N–H and O–H groups in total. The predicted molar refractivity (Wildman–Crippen MR) is 112 cm³/mol. The largest absolute Gasteiger partial charge is 0.493 e. The lowest BCUT2D eigenvalue weighted by molar-refractivity contribution is -0.134. The average Bonchev–Trinajstić information content (AvgIpc) is 3.13. The number of methoxy groups -OCH3 is 1. The second-order valence-corrected chi connectivity index (χ2v) is 10.2. The van der Waals surface area contributed by atoms with Crippen molar-refractivity contribution >= 4 is 16.0 Å². The van der Waals surface area contributed by atoms with Gasteiger partial charge in [0.1, 0.15) is 0 Å². The van der Waals surface area contributed by atoms with Crippen LogP contribution in [0.1, 0.15) is 52.5 Å². The third kappa shape index (κ3) is 6.89. The van der Waals surface area contributed by atoms with Crippen LogP contribution in [-0.2, 0) is 26.2 Å². The van der Waals surface area contributed by atoms with Crippen LogP contribution in [0.2, 0.25) is 0 Å². The van der Waals surface area contributed by atoms with Crippen molar-refractivity contribution in [1.29, 1.82) is 0 Å². The fourth-order valence-electron chi connectivity index (χ4n) is 3.09. The van der Waals surface area contributed by atoms with Crippen molar-refractivity contribution in [3.8, 4) is 11.5 Å². The van der Waals surface area contributed by atoms with E-state index < -0.39 is 15.4 Å². The van der Waals surface area contributed by atoms with Gasteiger partial charge in [-0.15, -0.1) is 0 Å². The highest BCUT2D eigenvalue weighted by Gasteiger charge is 2.25. The molecule has 29 heavy (non-hydrogen) atoms. The lowest BCUT2D eigenvalue weighted by Crippen LogP contribution is -2.37. The van der Waals surface area contributed by atoms with Crippen molar-refractivity contribution in [2.45, 2.75) is 64.9 Å². The zero-order valence-corrected chi connectivity index (χ0v) is 18.8. The first-order valence-corrected chi connectivity index (χ1v) is 11.6. The van der Waals surface area contributed by atoms with Gasteiger partial charge in [-0.3, -0.25) is 4.79 Å². The van der Waals surface area contributed by atoms with Gasteiger partial charge in [-0.1, -0.05) is 19.9 Å². The summed E-state index contributed by atoms with van der Waals surface area (Å²) in [5.74, 6) is 0.772. The van der Waals surface area contributed by atoms with Gasteiger partial charge >= 0.3 is 10.1 Å². The maximum Gasteiger partial charge on any atom is 0.311 e. The van der Waals surface area contributed by atoms with Crippen LogP contribution in [0.5, 0.6) is 11.5 Å². The maximum absolute atomic E-state index is 12.8. The number of carbonyl (C=O) groups excluding carboxylic acids is 1. The fourth-order valence-corrected chi connectivity index (χ4v) is 3.67. The van der Waals surface area contributed by atoms with Gasteiger partial charge in [-0.25, -0.2) is 0 Å². The predicted octanol–water partition coefficient (Wildman–Crippen LogP) is 3.37. The summed E-state index contributed by atoms with van der Waals surface area (Å²) < 4.78 is 40.6. The molecule has 0 radical (unpaired) electrons. The lowest BCUT2D eigenvalue weighted by atomic mass is 10.1. The molecule has 0 unspecified atom stereocenters. The smallest absolute Gasteiger partial charge is 0.311 e. The Morgan fingerprint density at radius 3 is 2.52 bits per heavy atom. The number of hydrogen-bond acceptors (Lipinski definition) is 6. The zero-order valence-electron chi connectivity index (χ0n) is 18.0. The van der Waals surface area contributed by atoms with Crippen molar-refractivity contribution in [3.05, 3.63) is 23.8 Å². The standard InChI is InChI=1S/C21H33NO6S/c1-15(2)11-21(23)22(14-18-7-6-10-27-18)13-17-8-9-19(26-5)20(12-17)28-29(24,25)16(3)4/h8-9,12,15-16,18H,6-7,10-11,13-14H2,1-5H3/t18-/m0/s1. The van der Waals surface area contributed by atoms with Gasteiger partial charge in [-0.2, -0.15) is 8.42 Å². The summed E-state index contributed by atoms with van der Waals surface area (Å²) in [5.41, 5.74) is 0.773. The SMILES string of the molecule is COc1ccc(CN(C[C@@H]2CCCO2)C(=O)CC(C)C)cc1OS(=O)(=O)C(C)C. The topological polar surface area (TPSA) is 82.1 Å². The van der Waals surface area contributed by atoms with E-state index in [0.717, 1.165) is 25.0 Å². The summed E-state index contributed by atoms with van der Waals surface area (Å²) in [6, 6.07) is 5.11. The lowest BCUT2D eigenvalue weighted by Gasteiger charge is -2.27. The number of rotatable bonds is 10. The Bertz CT molecular complexity index is 784. The van der Waals surface area contributed by atoms with Gasteiger partial charge in [0, 0.05) is 26.1 Å². The molecule has 1 amide bonds. The normalized spacial score (nSPS) is 17.0. The number of ether oxygens (including phenoxy) is 2. The molecule has 0 saturated carbocycles. The Morgan fingerprint density at radius 1 is 1.24 bits per heavy atom. The van der Waals surface area contributed by atoms with Gasteiger partial charge in [-0.05, 0) is 50.3 Å². The van der Waals surface area contributed by atoms with E-state index in [9.17, 15) is 13.2 Å². The van der Waals surface area contributed by atoms with Crippen LogP contribution in [0, 0.1) is 5.92 Å². The van der Waals surface area contributed by atoms with Crippen molar-refractivity contribution in [3.63, 3.8) is 0 Å². The van der Waals surface area contributed by atoms with E-state index in [4.69, 9.17) is 13.7 Å². The molecule has 164 valence electrons. The first-order chi connectivity index (χ1) is 13.6. The molecule has 1 fully saturated rings. The number of benzene rings is 1. The molecule has 0 aliphatic carbocycles. The molecule has 1 saturated heterocycles. The van der Waals surface area contributed by atoms with Crippen LogP contribution >= 0.6 is 0 Å². The number of carbonyl (C=O) groups is 1. The molecule has 1 aromatic rings. The van der Waals surface area contributed by atoms with Crippen LogP contribution < -0.4 is 8.92 Å². The summed E-state index contributed by atoms with van der Waals surface area (Å²) >= 11 is 0. The molecule has 0 bridgehead atoms. The molecule has 0 spiro atoms. The van der Waals surface area contributed by atoms with E-state index in [-0.39, 0.29) is 23.7 Å². The molecule has 1 aliphatic rings. The van der Waals surface area contributed by atoms with Crippen molar-refractivity contribution in [2.24, 2.45) is 5.92 Å². The van der Waals surface area contributed by atoms with Crippen LogP contribution in [0.15, 0.2) is 18.2 Å². The van der Waals surface area contributed by atoms with Crippen LogP contribution in [0.4, 0.5) is 0 Å². The van der Waals surface area contributed by atoms with E-state index >= 15 is 0 Å². The Hall–Kier alpha value is -1.80. The summed E-state index contributed by atoms with van der Waals surface area (Å²) in [7, 11) is -2.30. The summed E-state index contributed by atoms with van der Waals surface area (Å²) in [6.45, 7) is 8.74. The fraction of sp³-hybridized carbons (Fsp3) is 0.667. The highest BCUT2D eigenvalue weighted by atomic mass is 32.2. The Morgan fingerprint density at radius 2 is 1.97 bits per heavy atom. The van der Waals surface area contributed by atoms with Crippen molar-refractivity contribution < 1.29 is 26.9 Å². The third-order valence-electron chi connectivity index (χ3n) is 4.77. The monoisotopic (exact) mass is 427 g/mol. The Labute approximate surface area is 174 Å². The maximum atomic E-state index is 12.8. The number of hydrogen-bond donors (Lipinski definition) is 0. The first-order valence-electron chi connectivity index (χ1n) is 10.1. The van der Waals surface area contributed by atoms with E-state index in [0.29, 0.717) is 25.3 Å². The molecule has 2 rings (SSSR count). The van der Waals surface area contributed by atoms with E-state index in [1.54, 1.807) is 30.9 Å². The molecular weight excluding hydrogens is 394 g/mol. The highest BCUT2D eigenvalue weighted by molar-refractivity contribution is 7.87. The van der Waals surface area contributed by atoms with Gasteiger partial charge in [0.15, 0.2) is 11.5 Å². The second-order valence-electron chi connectivity index (χ2n) is 8.12. The van der Waals surface area contributed by atoms with E-state index in [1.165, 1.54) is 7.11 Å². The first kappa shape index (κ1) is 23.5. The number of nitrogens with zero attached hydrogens (tertiary/aromatic N) is 1. The van der Waals surface area contributed by atoms with E-state index in [2.05, 4.69) is 0 Å². The van der Waals surface area contributed by atoms with Gasteiger partial charge in [0.2, 0.25) is 5.91 Å². The molecule has 1 heterocycles. The van der Waals surface area contributed by atoms with Crippen molar-refractivity contribution in [1.82, 2.24) is 4.90 Å². The van der Waals surface area contributed by atoms with E-state index in [1.807, 2.05) is 19.9 Å². The molecule has 7 nitrogen and oxygen atoms in total. The summed E-state index contributed by atoms with van der Waals surface area (Å²) in [6.07, 6.45) is 2.44. The Kier molecular flexibility index (Phi) is 8.34. The molecule has 0 aromatic heterocycles. The molecule has 8 heteroatoms. The molecule has 1 aromatic carbocycles. The third-order valence-corrected chi connectivity index (χ3v) is 6.33. The van der Waals surface area contributed by atoms with Crippen LogP contribution in [0.3, 0.4) is 0 Å². The highest BCUT2D eigenvalue weighted by Crippen LogP contribution is 2.31. The van der Waals surface area contributed by atoms with Crippen LogP contribution in [-0.4, -0.2) is 50.8 Å². The summed E-state index contributed by atoms with van der Waals surface area (Å²) in [5, 5.41) is -0.681.